The third-order valence-electron chi connectivity index (χ3n) is 3.83. The number of hydrogen-bond acceptors (Lipinski definition) is 4. The van der Waals surface area contributed by atoms with Crippen LogP contribution in [0.25, 0.3) is 0 Å². The van der Waals surface area contributed by atoms with Crippen LogP contribution in [0, 0.1) is 0 Å². The van der Waals surface area contributed by atoms with E-state index in [0.717, 1.165) is 12.8 Å². The predicted molar refractivity (Wildman–Crippen MR) is 70.3 cm³/mol. The molecular weight excluding hydrogens is 248 g/mol. The van der Waals surface area contributed by atoms with Crippen molar-refractivity contribution >= 4 is 17.2 Å². The molecule has 1 aromatic heterocycles. The topological polar surface area (TPSA) is 41.6 Å². The number of thiophene rings is 1. The standard InChI is InChI=1S/C13H18N2O2S/c1-9(7-17-2)15-11(10-3-6-18-8-10)14-13(4-5-13)12(15)16/h3,6,8-9,11,14H,4-5,7H2,1-2H3. The Morgan fingerprint density at radius 3 is 3.00 bits per heavy atom. The maximum atomic E-state index is 12.5. The fourth-order valence-corrected chi connectivity index (χ4v) is 3.37. The summed E-state index contributed by atoms with van der Waals surface area (Å²) in [5, 5.41) is 7.67. The van der Waals surface area contributed by atoms with Crippen molar-refractivity contribution in [3.8, 4) is 0 Å². The Bertz CT molecular complexity index is 442. The first-order chi connectivity index (χ1) is 8.68. The van der Waals surface area contributed by atoms with Gasteiger partial charge in [-0.2, -0.15) is 11.3 Å². The minimum atomic E-state index is -0.269. The fraction of sp³-hybridized carbons (Fsp3) is 0.615. The van der Waals surface area contributed by atoms with Crippen molar-refractivity contribution in [1.29, 1.82) is 0 Å². The van der Waals surface area contributed by atoms with Crippen LogP contribution in [0.3, 0.4) is 0 Å². The van der Waals surface area contributed by atoms with Crippen molar-refractivity contribution in [2.75, 3.05) is 13.7 Å². The maximum absolute atomic E-state index is 12.5. The number of nitrogens with zero attached hydrogens (tertiary/aromatic N) is 1. The van der Waals surface area contributed by atoms with Gasteiger partial charge in [0.1, 0.15) is 11.7 Å². The Morgan fingerprint density at radius 2 is 2.44 bits per heavy atom. The number of carbonyl (C=O) groups is 1. The second-order valence-corrected chi connectivity index (χ2v) is 5.98. The molecule has 98 valence electrons. The highest BCUT2D eigenvalue weighted by atomic mass is 32.1. The average molecular weight is 266 g/mol. The van der Waals surface area contributed by atoms with E-state index in [1.807, 2.05) is 11.8 Å². The normalized spacial score (nSPS) is 26.9. The quantitative estimate of drug-likeness (QED) is 0.902. The summed E-state index contributed by atoms with van der Waals surface area (Å²) in [5.74, 6) is 0.239. The molecule has 1 aromatic rings. The molecule has 1 aliphatic carbocycles. The molecule has 1 N–H and O–H groups in total. The van der Waals surface area contributed by atoms with Gasteiger partial charge in [-0.05, 0) is 42.2 Å². The van der Waals surface area contributed by atoms with Gasteiger partial charge in [0, 0.05) is 7.11 Å². The summed E-state index contributed by atoms with van der Waals surface area (Å²) in [5.41, 5.74) is 0.911. The Labute approximate surface area is 111 Å². The zero-order valence-corrected chi connectivity index (χ0v) is 11.5. The summed E-state index contributed by atoms with van der Waals surface area (Å²) < 4.78 is 5.20. The zero-order valence-electron chi connectivity index (χ0n) is 10.7. The van der Waals surface area contributed by atoms with Gasteiger partial charge in [-0.1, -0.05) is 0 Å². The minimum absolute atomic E-state index is 0.0106. The highest BCUT2D eigenvalue weighted by Gasteiger charge is 2.60. The molecule has 2 aliphatic rings. The van der Waals surface area contributed by atoms with E-state index < -0.39 is 0 Å². The lowest BCUT2D eigenvalue weighted by atomic mass is 10.2. The molecule has 18 heavy (non-hydrogen) atoms. The largest absolute Gasteiger partial charge is 0.383 e. The lowest BCUT2D eigenvalue weighted by Crippen LogP contribution is -2.41. The number of rotatable bonds is 4. The number of hydrogen-bond donors (Lipinski definition) is 1. The van der Waals surface area contributed by atoms with Gasteiger partial charge in [0.25, 0.3) is 0 Å². The summed E-state index contributed by atoms with van der Waals surface area (Å²) >= 11 is 1.67. The Hall–Kier alpha value is -0.910. The molecule has 4 nitrogen and oxygen atoms in total. The van der Waals surface area contributed by atoms with Gasteiger partial charge in [0.15, 0.2) is 0 Å². The minimum Gasteiger partial charge on any atom is -0.383 e. The van der Waals surface area contributed by atoms with Crippen molar-refractivity contribution < 1.29 is 9.53 Å². The molecule has 1 amide bonds. The molecule has 3 rings (SSSR count). The zero-order chi connectivity index (χ0) is 12.8. The van der Waals surface area contributed by atoms with Crippen LogP contribution in [0.5, 0.6) is 0 Å². The molecule has 2 atom stereocenters. The summed E-state index contributed by atoms with van der Waals surface area (Å²) in [7, 11) is 1.68. The first-order valence-corrected chi connectivity index (χ1v) is 7.24. The smallest absolute Gasteiger partial charge is 0.244 e. The van der Waals surface area contributed by atoms with Crippen LogP contribution in [0.1, 0.15) is 31.5 Å². The van der Waals surface area contributed by atoms with E-state index in [2.05, 4.69) is 22.1 Å². The van der Waals surface area contributed by atoms with Gasteiger partial charge >= 0.3 is 0 Å². The predicted octanol–water partition coefficient (Wildman–Crippen LogP) is 1.75. The molecule has 5 heteroatoms. The van der Waals surface area contributed by atoms with E-state index in [1.165, 1.54) is 5.56 Å². The van der Waals surface area contributed by atoms with E-state index in [4.69, 9.17) is 4.74 Å². The Kier molecular flexibility index (Phi) is 2.92. The van der Waals surface area contributed by atoms with Crippen molar-refractivity contribution in [1.82, 2.24) is 10.2 Å². The lowest BCUT2D eigenvalue weighted by molar-refractivity contribution is -0.133. The van der Waals surface area contributed by atoms with Gasteiger partial charge in [-0.3, -0.25) is 10.1 Å². The van der Waals surface area contributed by atoms with Crippen LogP contribution >= 0.6 is 11.3 Å². The number of nitrogens with one attached hydrogen (secondary N) is 1. The lowest BCUT2D eigenvalue weighted by Gasteiger charge is -2.29. The first-order valence-electron chi connectivity index (χ1n) is 6.29. The molecule has 2 unspecified atom stereocenters. The highest BCUT2D eigenvalue weighted by Crippen LogP contribution is 2.46. The number of carbonyl (C=O) groups excluding carboxylic acids is 1. The second-order valence-electron chi connectivity index (χ2n) is 5.20. The van der Waals surface area contributed by atoms with Crippen molar-refractivity contribution in [2.24, 2.45) is 0 Å². The SMILES string of the molecule is COCC(C)N1C(=O)C2(CC2)NC1c1ccsc1. The van der Waals surface area contributed by atoms with Gasteiger partial charge < -0.3 is 9.64 Å². The molecule has 2 heterocycles. The summed E-state index contributed by atoms with van der Waals surface area (Å²) in [6.07, 6.45) is 1.93. The molecule has 2 fully saturated rings. The van der Waals surface area contributed by atoms with Crippen molar-refractivity contribution in [3.63, 3.8) is 0 Å². The van der Waals surface area contributed by atoms with Gasteiger partial charge in [-0.15, -0.1) is 0 Å². The van der Waals surface area contributed by atoms with Gasteiger partial charge in [0.2, 0.25) is 5.91 Å². The molecule has 0 radical (unpaired) electrons. The monoisotopic (exact) mass is 266 g/mol. The third kappa shape index (κ3) is 1.77. The molecule has 1 saturated heterocycles. The van der Waals surface area contributed by atoms with Crippen molar-refractivity contribution in [2.45, 2.75) is 37.5 Å². The molecule has 1 aliphatic heterocycles. The number of methoxy groups -OCH3 is 1. The van der Waals surface area contributed by atoms with Gasteiger partial charge in [0.05, 0.1) is 12.6 Å². The Morgan fingerprint density at radius 1 is 1.67 bits per heavy atom. The summed E-state index contributed by atoms with van der Waals surface area (Å²) in [4.78, 5) is 14.5. The molecule has 0 bridgehead atoms. The number of amides is 1. The molecule has 1 saturated carbocycles. The molecular formula is C13H18N2O2S. The summed E-state index contributed by atoms with van der Waals surface area (Å²) in [6, 6.07) is 2.18. The van der Waals surface area contributed by atoms with E-state index in [9.17, 15) is 4.79 Å². The van der Waals surface area contributed by atoms with E-state index in [0.29, 0.717) is 6.61 Å². The second kappa shape index (κ2) is 4.33. The van der Waals surface area contributed by atoms with Crippen molar-refractivity contribution in [3.05, 3.63) is 22.4 Å². The fourth-order valence-electron chi connectivity index (χ4n) is 2.69. The number of ether oxygens (including phenoxy) is 1. The van der Waals surface area contributed by atoms with Crippen LogP contribution in [-0.4, -0.2) is 36.1 Å². The van der Waals surface area contributed by atoms with Crippen LogP contribution < -0.4 is 5.32 Å². The van der Waals surface area contributed by atoms with E-state index in [1.54, 1.807) is 18.4 Å². The van der Waals surface area contributed by atoms with Gasteiger partial charge in [-0.25, -0.2) is 0 Å². The summed E-state index contributed by atoms with van der Waals surface area (Å²) in [6.45, 7) is 2.62. The maximum Gasteiger partial charge on any atom is 0.244 e. The van der Waals surface area contributed by atoms with Crippen LogP contribution in [0.15, 0.2) is 16.8 Å². The molecule has 1 spiro atoms. The van der Waals surface area contributed by atoms with E-state index in [-0.39, 0.29) is 23.7 Å². The Balaban J connectivity index is 1.89. The van der Waals surface area contributed by atoms with Crippen LogP contribution in [0.4, 0.5) is 0 Å². The van der Waals surface area contributed by atoms with Crippen LogP contribution in [0.2, 0.25) is 0 Å². The average Bonchev–Trinajstić information content (AvgIpc) is 2.83. The first kappa shape index (κ1) is 12.1. The van der Waals surface area contributed by atoms with E-state index >= 15 is 0 Å². The van der Waals surface area contributed by atoms with Crippen LogP contribution in [-0.2, 0) is 9.53 Å². The molecule has 0 aromatic carbocycles. The third-order valence-corrected chi connectivity index (χ3v) is 4.53. The highest BCUT2D eigenvalue weighted by molar-refractivity contribution is 7.07.